The predicted molar refractivity (Wildman–Crippen MR) is 123 cm³/mol. The summed E-state index contributed by atoms with van der Waals surface area (Å²) in [5, 5.41) is 0. The van der Waals surface area contributed by atoms with Crippen LogP contribution in [0, 0.1) is 0 Å². The standard InChI is InChI=1S/C24H33N5O2/c1-3-27(2)23(20-10-6-4-7-11-20)24(31)26-25-22(30)14-15-28-16-18-29(19-17-28)21-12-8-5-9-13-21/h4-13,23H,3,14-19H2,1-2H3,(H,25,30)(H,26,31). The van der Waals surface area contributed by atoms with E-state index < -0.39 is 6.04 Å². The third kappa shape index (κ3) is 6.54. The quantitative estimate of drug-likeness (QED) is 0.636. The second-order valence-electron chi connectivity index (χ2n) is 7.84. The maximum Gasteiger partial charge on any atom is 0.260 e. The van der Waals surface area contributed by atoms with E-state index in [9.17, 15) is 9.59 Å². The van der Waals surface area contributed by atoms with Crippen molar-refractivity contribution in [1.29, 1.82) is 0 Å². The Kier molecular flexibility index (Phi) is 8.44. The number of para-hydroxylation sites is 1. The Morgan fingerprint density at radius 1 is 0.935 bits per heavy atom. The van der Waals surface area contributed by atoms with Crippen LogP contribution < -0.4 is 15.8 Å². The SMILES string of the molecule is CCN(C)C(C(=O)NNC(=O)CCN1CCN(c2ccccc2)CC1)c1ccccc1. The van der Waals surface area contributed by atoms with Crippen molar-refractivity contribution in [1.82, 2.24) is 20.7 Å². The Labute approximate surface area is 185 Å². The lowest BCUT2D eigenvalue weighted by atomic mass is 10.1. The summed E-state index contributed by atoms with van der Waals surface area (Å²) >= 11 is 0. The molecule has 166 valence electrons. The molecule has 0 aliphatic carbocycles. The third-order valence-electron chi connectivity index (χ3n) is 5.78. The minimum atomic E-state index is -0.447. The summed E-state index contributed by atoms with van der Waals surface area (Å²) < 4.78 is 0. The lowest BCUT2D eigenvalue weighted by Crippen LogP contribution is -2.49. The molecule has 1 heterocycles. The Morgan fingerprint density at radius 2 is 1.55 bits per heavy atom. The number of rotatable bonds is 8. The number of likely N-dealkylation sites (N-methyl/N-ethyl adjacent to an activating group) is 1. The minimum Gasteiger partial charge on any atom is -0.369 e. The number of hydrogen-bond acceptors (Lipinski definition) is 5. The first-order valence-electron chi connectivity index (χ1n) is 10.9. The molecule has 2 aromatic carbocycles. The Hall–Kier alpha value is -2.90. The summed E-state index contributed by atoms with van der Waals surface area (Å²) in [6.07, 6.45) is 0.352. The zero-order valence-electron chi connectivity index (χ0n) is 18.5. The first-order chi connectivity index (χ1) is 15.1. The molecule has 3 rings (SSSR count). The van der Waals surface area contributed by atoms with Crippen LogP contribution in [-0.2, 0) is 9.59 Å². The van der Waals surface area contributed by atoms with Crippen LogP contribution in [0.15, 0.2) is 60.7 Å². The molecule has 1 saturated heterocycles. The van der Waals surface area contributed by atoms with Gasteiger partial charge < -0.3 is 4.90 Å². The van der Waals surface area contributed by atoms with Crippen molar-refractivity contribution in [3.05, 3.63) is 66.2 Å². The van der Waals surface area contributed by atoms with Gasteiger partial charge in [0, 0.05) is 44.8 Å². The molecular weight excluding hydrogens is 390 g/mol. The van der Waals surface area contributed by atoms with Crippen molar-refractivity contribution in [2.45, 2.75) is 19.4 Å². The van der Waals surface area contributed by atoms with Crippen LogP contribution in [0.4, 0.5) is 5.69 Å². The lowest BCUT2D eigenvalue weighted by molar-refractivity contribution is -0.132. The van der Waals surface area contributed by atoms with Crippen LogP contribution in [-0.4, -0.2) is 67.9 Å². The molecule has 0 spiro atoms. The first-order valence-corrected chi connectivity index (χ1v) is 10.9. The molecule has 2 aromatic rings. The first kappa shape index (κ1) is 22.8. The number of carbonyl (C=O) groups is 2. The molecule has 0 saturated carbocycles. The Bertz CT molecular complexity index is 822. The normalized spacial score (nSPS) is 15.5. The molecule has 2 N–H and O–H groups in total. The van der Waals surface area contributed by atoms with Gasteiger partial charge in [-0.3, -0.25) is 30.2 Å². The van der Waals surface area contributed by atoms with Gasteiger partial charge in [-0.05, 0) is 31.3 Å². The van der Waals surface area contributed by atoms with Gasteiger partial charge in [0.15, 0.2) is 0 Å². The van der Waals surface area contributed by atoms with Crippen LogP contribution >= 0.6 is 0 Å². The number of amides is 2. The van der Waals surface area contributed by atoms with Crippen LogP contribution in [0.3, 0.4) is 0 Å². The van der Waals surface area contributed by atoms with Crippen molar-refractivity contribution in [2.75, 3.05) is 51.2 Å². The van der Waals surface area contributed by atoms with Crippen LogP contribution in [0.1, 0.15) is 24.9 Å². The summed E-state index contributed by atoms with van der Waals surface area (Å²) in [4.78, 5) is 31.6. The molecule has 1 aliphatic heterocycles. The molecule has 7 nitrogen and oxygen atoms in total. The molecular formula is C24H33N5O2. The average molecular weight is 424 g/mol. The Morgan fingerprint density at radius 3 is 2.16 bits per heavy atom. The molecule has 2 amide bonds. The molecule has 1 atom stereocenters. The monoisotopic (exact) mass is 423 g/mol. The van der Waals surface area contributed by atoms with Gasteiger partial charge >= 0.3 is 0 Å². The summed E-state index contributed by atoms with van der Waals surface area (Å²) in [7, 11) is 1.90. The van der Waals surface area contributed by atoms with Crippen molar-refractivity contribution in [3.63, 3.8) is 0 Å². The highest BCUT2D eigenvalue weighted by Gasteiger charge is 2.24. The minimum absolute atomic E-state index is 0.176. The number of anilines is 1. The molecule has 1 unspecified atom stereocenters. The van der Waals surface area contributed by atoms with Crippen molar-refractivity contribution < 1.29 is 9.59 Å². The van der Waals surface area contributed by atoms with E-state index in [1.165, 1.54) is 5.69 Å². The van der Waals surface area contributed by atoms with Crippen molar-refractivity contribution in [3.8, 4) is 0 Å². The van der Waals surface area contributed by atoms with Gasteiger partial charge in [-0.25, -0.2) is 0 Å². The summed E-state index contributed by atoms with van der Waals surface area (Å²) in [5.74, 6) is -0.412. The second-order valence-corrected chi connectivity index (χ2v) is 7.84. The van der Waals surface area contributed by atoms with Gasteiger partial charge in [0.25, 0.3) is 5.91 Å². The van der Waals surface area contributed by atoms with Crippen LogP contribution in [0.25, 0.3) is 0 Å². The van der Waals surface area contributed by atoms with E-state index in [0.29, 0.717) is 13.0 Å². The molecule has 0 aromatic heterocycles. The number of hydrazine groups is 1. The maximum atomic E-state index is 12.7. The second kappa shape index (κ2) is 11.5. The fourth-order valence-corrected chi connectivity index (χ4v) is 3.81. The maximum absolute atomic E-state index is 12.7. The molecule has 0 bridgehead atoms. The summed E-state index contributed by atoms with van der Waals surface area (Å²) in [5.41, 5.74) is 7.33. The zero-order valence-corrected chi connectivity index (χ0v) is 18.5. The number of nitrogens with zero attached hydrogens (tertiary/aromatic N) is 3. The molecule has 7 heteroatoms. The zero-order chi connectivity index (χ0) is 22.1. The molecule has 1 aliphatic rings. The molecule has 1 fully saturated rings. The smallest absolute Gasteiger partial charge is 0.260 e. The third-order valence-corrected chi connectivity index (χ3v) is 5.78. The van der Waals surface area contributed by atoms with E-state index in [1.807, 2.05) is 55.3 Å². The van der Waals surface area contributed by atoms with Gasteiger partial charge in [-0.15, -0.1) is 0 Å². The van der Waals surface area contributed by atoms with Gasteiger partial charge in [0.1, 0.15) is 6.04 Å². The van der Waals surface area contributed by atoms with E-state index in [2.05, 4.69) is 44.9 Å². The van der Waals surface area contributed by atoms with E-state index in [-0.39, 0.29) is 11.8 Å². The highest BCUT2D eigenvalue weighted by molar-refractivity contribution is 5.86. The van der Waals surface area contributed by atoms with Gasteiger partial charge in [-0.2, -0.15) is 0 Å². The number of carbonyl (C=O) groups excluding carboxylic acids is 2. The topological polar surface area (TPSA) is 67.9 Å². The van der Waals surface area contributed by atoms with Crippen LogP contribution in [0.2, 0.25) is 0 Å². The fourth-order valence-electron chi connectivity index (χ4n) is 3.81. The molecule has 31 heavy (non-hydrogen) atoms. The summed E-state index contributed by atoms with van der Waals surface area (Å²) in [6, 6.07) is 19.5. The number of hydrogen-bond donors (Lipinski definition) is 2. The van der Waals surface area contributed by atoms with Crippen LogP contribution in [0.5, 0.6) is 0 Å². The van der Waals surface area contributed by atoms with E-state index in [4.69, 9.17) is 0 Å². The van der Waals surface area contributed by atoms with E-state index >= 15 is 0 Å². The number of piperazine rings is 1. The van der Waals surface area contributed by atoms with E-state index in [0.717, 1.165) is 38.3 Å². The average Bonchev–Trinajstić information content (AvgIpc) is 2.83. The Balaban J connectivity index is 1.41. The van der Waals surface area contributed by atoms with Gasteiger partial charge in [0.2, 0.25) is 5.91 Å². The number of benzene rings is 2. The van der Waals surface area contributed by atoms with Crippen molar-refractivity contribution >= 4 is 17.5 Å². The van der Waals surface area contributed by atoms with E-state index in [1.54, 1.807) is 0 Å². The predicted octanol–water partition coefficient (Wildman–Crippen LogP) is 2.04. The highest BCUT2D eigenvalue weighted by atomic mass is 16.2. The summed E-state index contributed by atoms with van der Waals surface area (Å²) in [6.45, 7) is 7.14. The number of nitrogens with one attached hydrogen (secondary N) is 2. The van der Waals surface area contributed by atoms with Gasteiger partial charge in [-0.1, -0.05) is 55.5 Å². The lowest BCUT2D eigenvalue weighted by Gasteiger charge is -2.36. The van der Waals surface area contributed by atoms with Crippen molar-refractivity contribution in [2.24, 2.45) is 0 Å². The fraction of sp³-hybridized carbons (Fsp3) is 0.417. The highest BCUT2D eigenvalue weighted by Crippen LogP contribution is 2.19. The molecule has 0 radical (unpaired) electrons. The van der Waals surface area contributed by atoms with Gasteiger partial charge in [0.05, 0.1) is 0 Å². The largest absolute Gasteiger partial charge is 0.369 e.